The summed E-state index contributed by atoms with van der Waals surface area (Å²) >= 11 is 0. The van der Waals surface area contributed by atoms with Crippen LogP contribution in [0, 0.1) is 5.82 Å². The molecule has 0 spiro atoms. The Morgan fingerprint density at radius 3 is 2.74 bits per heavy atom. The molecule has 1 aromatic carbocycles. The summed E-state index contributed by atoms with van der Waals surface area (Å²) in [7, 11) is 3.81. The molecule has 1 fully saturated rings. The lowest BCUT2D eigenvalue weighted by atomic mass is 9.92. The summed E-state index contributed by atoms with van der Waals surface area (Å²) in [6.07, 6.45) is 7.05. The van der Waals surface area contributed by atoms with Crippen LogP contribution in [0.1, 0.15) is 24.1 Å². The minimum atomic E-state index is -0.188. The van der Waals surface area contributed by atoms with E-state index in [4.69, 9.17) is 4.74 Å². The van der Waals surface area contributed by atoms with Gasteiger partial charge in [0.2, 0.25) is 0 Å². The first kappa shape index (κ1) is 16.1. The van der Waals surface area contributed by atoms with Gasteiger partial charge in [-0.3, -0.25) is 4.90 Å². The van der Waals surface area contributed by atoms with Crippen molar-refractivity contribution in [3.8, 4) is 0 Å². The summed E-state index contributed by atoms with van der Waals surface area (Å²) in [5.41, 5.74) is 2.35. The van der Waals surface area contributed by atoms with E-state index >= 15 is 0 Å². The quantitative estimate of drug-likeness (QED) is 0.849. The van der Waals surface area contributed by atoms with Crippen LogP contribution in [0.4, 0.5) is 4.39 Å². The standard InChI is InChI=1S/C18H24FN3O/c1-21-13-20-11-16(21)12-22-9-3-4-18(23-2)17(22)10-14-5-7-15(19)8-6-14/h5-8,11,13,17-18H,3-4,9-10,12H2,1-2H3/t17-,18-/m0/s1. The van der Waals surface area contributed by atoms with Gasteiger partial charge in [-0.2, -0.15) is 0 Å². The van der Waals surface area contributed by atoms with Crippen molar-refractivity contribution in [2.24, 2.45) is 7.05 Å². The number of ether oxygens (including phenoxy) is 1. The number of halogens is 1. The smallest absolute Gasteiger partial charge is 0.123 e. The van der Waals surface area contributed by atoms with Crippen molar-refractivity contribution in [2.75, 3.05) is 13.7 Å². The second-order valence-corrected chi connectivity index (χ2v) is 6.28. The third-order valence-electron chi connectivity index (χ3n) is 4.77. The van der Waals surface area contributed by atoms with E-state index in [0.717, 1.165) is 37.9 Å². The minimum absolute atomic E-state index is 0.188. The molecule has 2 aromatic rings. The van der Waals surface area contributed by atoms with Crippen molar-refractivity contribution in [1.82, 2.24) is 14.5 Å². The highest BCUT2D eigenvalue weighted by atomic mass is 19.1. The van der Waals surface area contributed by atoms with Crippen molar-refractivity contribution in [3.63, 3.8) is 0 Å². The zero-order chi connectivity index (χ0) is 16.2. The molecule has 0 aliphatic carbocycles. The number of nitrogens with zero attached hydrogens (tertiary/aromatic N) is 3. The second-order valence-electron chi connectivity index (χ2n) is 6.28. The normalized spacial score (nSPS) is 22.4. The van der Waals surface area contributed by atoms with Gasteiger partial charge in [0, 0.05) is 32.9 Å². The molecule has 1 aliphatic heterocycles. The molecule has 1 saturated heterocycles. The van der Waals surface area contributed by atoms with Crippen LogP contribution in [-0.2, 0) is 24.8 Å². The Bertz CT molecular complexity index is 625. The van der Waals surface area contributed by atoms with Gasteiger partial charge in [0.1, 0.15) is 5.82 Å². The maximum atomic E-state index is 13.1. The van der Waals surface area contributed by atoms with E-state index in [9.17, 15) is 4.39 Å². The number of methoxy groups -OCH3 is 1. The van der Waals surface area contributed by atoms with Crippen LogP contribution in [0.25, 0.3) is 0 Å². The molecular weight excluding hydrogens is 293 g/mol. The summed E-state index contributed by atoms with van der Waals surface area (Å²) in [5.74, 6) is -0.188. The number of rotatable bonds is 5. The fourth-order valence-electron chi connectivity index (χ4n) is 3.43. The van der Waals surface area contributed by atoms with Crippen molar-refractivity contribution in [1.29, 1.82) is 0 Å². The number of imidazole rings is 1. The molecule has 4 nitrogen and oxygen atoms in total. The van der Waals surface area contributed by atoms with Crippen LogP contribution >= 0.6 is 0 Å². The lowest BCUT2D eigenvalue weighted by Crippen LogP contribution is -2.49. The molecular formula is C18H24FN3O. The Balaban J connectivity index is 1.78. The molecule has 1 aliphatic rings. The number of likely N-dealkylation sites (tertiary alicyclic amines) is 1. The zero-order valence-corrected chi connectivity index (χ0v) is 13.8. The molecule has 0 amide bonds. The van der Waals surface area contributed by atoms with Gasteiger partial charge >= 0.3 is 0 Å². The third kappa shape index (κ3) is 3.79. The number of piperidine rings is 1. The summed E-state index contributed by atoms with van der Waals surface area (Å²) in [6.45, 7) is 1.92. The minimum Gasteiger partial charge on any atom is -0.380 e. The molecule has 2 atom stereocenters. The first-order chi connectivity index (χ1) is 11.2. The predicted octanol–water partition coefficient (Wildman–Crippen LogP) is 2.78. The number of aryl methyl sites for hydroxylation is 1. The van der Waals surface area contributed by atoms with Crippen LogP contribution < -0.4 is 0 Å². The summed E-state index contributed by atoms with van der Waals surface area (Å²) in [4.78, 5) is 6.68. The van der Waals surface area contributed by atoms with Crippen LogP contribution in [0.5, 0.6) is 0 Å². The van der Waals surface area contributed by atoms with Gasteiger partial charge in [-0.05, 0) is 43.5 Å². The second kappa shape index (κ2) is 7.23. The van der Waals surface area contributed by atoms with Crippen LogP contribution in [0.3, 0.4) is 0 Å². The molecule has 0 N–H and O–H groups in total. The lowest BCUT2D eigenvalue weighted by Gasteiger charge is -2.40. The SMILES string of the molecule is CO[C@H]1CCCN(Cc2cncn2C)[C@H]1Cc1ccc(F)cc1. The van der Waals surface area contributed by atoms with E-state index in [2.05, 4.69) is 14.5 Å². The van der Waals surface area contributed by atoms with Gasteiger partial charge in [0.15, 0.2) is 0 Å². The van der Waals surface area contributed by atoms with Crippen LogP contribution in [0.15, 0.2) is 36.8 Å². The highest BCUT2D eigenvalue weighted by Gasteiger charge is 2.31. The fraction of sp³-hybridized carbons (Fsp3) is 0.500. The zero-order valence-electron chi connectivity index (χ0n) is 13.8. The van der Waals surface area contributed by atoms with Gasteiger partial charge in [-0.15, -0.1) is 0 Å². The fourth-order valence-corrected chi connectivity index (χ4v) is 3.43. The molecule has 124 valence electrons. The maximum absolute atomic E-state index is 13.1. The summed E-state index contributed by atoms with van der Waals surface area (Å²) in [6, 6.07) is 7.11. The molecule has 3 rings (SSSR count). The monoisotopic (exact) mass is 317 g/mol. The number of hydrogen-bond donors (Lipinski definition) is 0. The van der Waals surface area contributed by atoms with Crippen molar-refractivity contribution < 1.29 is 9.13 Å². The van der Waals surface area contributed by atoms with E-state index in [1.807, 2.05) is 31.7 Å². The van der Waals surface area contributed by atoms with Crippen molar-refractivity contribution in [2.45, 2.75) is 38.0 Å². The highest BCUT2D eigenvalue weighted by molar-refractivity contribution is 5.18. The van der Waals surface area contributed by atoms with Gasteiger partial charge < -0.3 is 9.30 Å². The molecule has 0 bridgehead atoms. The molecule has 0 unspecified atom stereocenters. The Labute approximate surface area is 136 Å². The molecule has 2 heterocycles. The number of aromatic nitrogens is 2. The predicted molar refractivity (Wildman–Crippen MR) is 87.5 cm³/mol. The lowest BCUT2D eigenvalue weighted by molar-refractivity contribution is -0.0225. The Kier molecular flexibility index (Phi) is 5.08. The van der Waals surface area contributed by atoms with E-state index < -0.39 is 0 Å². The van der Waals surface area contributed by atoms with E-state index in [-0.39, 0.29) is 11.9 Å². The molecule has 23 heavy (non-hydrogen) atoms. The van der Waals surface area contributed by atoms with Crippen molar-refractivity contribution >= 4 is 0 Å². The first-order valence-electron chi connectivity index (χ1n) is 8.14. The molecule has 0 saturated carbocycles. The van der Waals surface area contributed by atoms with Gasteiger partial charge in [0.05, 0.1) is 18.1 Å². The van der Waals surface area contributed by atoms with Crippen LogP contribution in [-0.4, -0.2) is 40.3 Å². The third-order valence-corrected chi connectivity index (χ3v) is 4.77. The Morgan fingerprint density at radius 2 is 2.09 bits per heavy atom. The molecule has 5 heteroatoms. The molecule has 1 aromatic heterocycles. The Morgan fingerprint density at radius 1 is 1.30 bits per heavy atom. The van der Waals surface area contributed by atoms with E-state index in [0.29, 0.717) is 6.04 Å². The van der Waals surface area contributed by atoms with Gasteiger partial charge in [-0.25, -0.2) is 9.37 Å². The number of benzene rings is 1. The number of hydrogen-bond acceptors (Lipinski definition) is 3. The van der Waals surface area contributed by atoms with E-state index in [1.165, 1.54) is 17.8 Å². The van der Waals surface area contributed by atoms with Crippen molar-refractivity contribution in [3.05, 3.63) is 53.9 Å². The average molecular weight is 317 g/mol. The topological polar surface area (TPSA) is 30.3 Å². The Hall–Kier alpha value is -1.72. The van der Waals surface area contributed by atoms with Crippen LogP contribution in [0.2, 0.25) is 0 Å². The largest absolute Gasteiger partial charge is 0.380 e. The van der Waals surface area contributed by atoms with Gasteiger partial charge in [0.25, 0.3) is 0 Å². The average Bonchev–Trinajstić information content (AvgIpc) is 2.96. The highest BCUT2D eigenvalue weighted by Crippen LogP contribution is 2.25. The first-order valence-corrected chi connectivity index (χ1v) is 8.14. The molecule has 0 radical (unpaired) electrons. The van der Waals surface area contributed by atoms with E-state index in [1.54, 1.807) is 7.11 Å². The van der Waals surface area contributed by atoms with Gasteiger partial charge in [-0.1, -0.05) is 12.1 Å². The summed E-state index contributed by atoms with van der Waals surface area (Å²) < 4.78 is 20.9. The maximum Gasteiger partial charge on any atom is 0.123 e. The summed E-state index contributed by atoms with van der Waals surface area (Å²) in [5, 5.41) is 0.